The number of alkyl halides is 1. The van der Waals surface area contributed by atoms with Gasteiger partial charge in [0.05, 0.1) is 0 Å². The zero-order valence-corrected chi connectivity index (χ0v) is 5.57. The third-order valence-electron chi connectivity index (χ3n) is 1.69. The second kappa shape index (κ2) is 2.23. The van der Waals surface area contributed by atoms with E-state index < -0.39 is 17.8 Å². The number of allylic oxidation sites excluding steroid dienone is 6. The highest BCUT2D eigenvalue weighted by atomic mass is 19.2. The summed E-state index contributed by atoms with van der Waals surface area (Å²) in [4.78, 5) is 0. The summed E-state index contributed by atoms with van der Waals surface area (Å²) in [7, 11) is 0. The molecule has 0 aromatic rings. The third-order valence-corrected chi connectivity index (χ3v) is 1.69. The molecule has 2 bridgehead atoms. The Kier molecular flexibility index (Phi) is 1.64. The minimum absolute atomic E-state index is 0. The van der Waals surface area contributed by atoms with Gasteiger partial charge in [-0.05, 0) is 0 Å². The summed E-state index contributed by atoms with van der Waals surface area (Å²) in [6.45, 7) is 0. The first-order valence-electron chi connectivity index (χ1n) is 2.83. The fourth-order valence-electron chi connectivity index (χ4n) is 1.14. The molecule has 0 atom stereocenters. The molecular weight excluding hydrogens is 155 g/mol. The Morgan fingerprint density at radius 2 is 1.36 bits per heavy atom. The fourth-order valence-corrected chi connectivity index (χ4v) is 1.14. The van der Waals surface area contributed by atoms with Crippen LogP contribution in [-0.4, -0.2) is 6.17 Å². The van der Waals surface area contributed by atoms with Gasteiger partial charge in [0, 0.05) is 11.1 Å². The molecule has 11 heavy (non-hydrogen) atoms. The number of rotatable bonds is 0. The van der Waals surface area contributed by atoms with E-state index >= 15 is 0 Å². The maximum atomic E-state index is 12.6. The van der Waals surface area contributed by atoms with Crippen molar-refractivity contribution in [3.8, 4) is 0 Å². The lowest BCUT2D eigenvalue weighted by Crippen LogP contribution is -1.93. The molecule has 0 amide bonds. The second-order valence-corrected chi connectivity index (χ2v) is 2.23. The van der Waals surface area contributed by atoms with Crippen molar-refractivity contribution < 1.29 is 13.2 Å². The van der Waals surface area contributed by atoms with Crippen LogP contribution in [0.5, 0.6) is 0 Å². The van der Waals surface area contributed by atoms with Gasteiger partial charge < -0.3 is 6.15 Å². The van der Waals surface area contributed by atoms with Crippen LogP contribution in [0.1, 0.15) is 0 Å². The van der Waals surface area contributed by atoms with Gasteiger partial charge in [0.2, 0.25) is 0 Å². The minimum atomic E-state index is -1.56. The van der Waals surface area contributed by atoms with Crippen LogP contribution in [0.15, 0.2) is 35.0 Å². The van der Waals surface area contributed by atoms with Gasteiger partial charge in [-0.15, -0.1) is 0 Å². The van der Waals surface area contributed by atoms with Crippen LogP contribution in [0.4, 0.5) is 13.2 Å². The smallest absolute Gasteiger partial charge is 0.165 e. The number of halogens is 3. The summed E-state index contributed by atoms with van der Waals surface area (Å²) in [6, 6.07) is 0. The molecule has 0 spiro atoms. The summed E-state index contributed by atoms with van der Waals surface area (Å²) in [5, 5.41) is 0. The van der Waals surface area contributed by atoms with Crippen molar-refractivity contribution in [2.75, 3.05) is 0 Å². The zero-order valence-electron chi connectivity index (χ0n) is 5.57. The number of hydrogen-bond acceptors (Lipinski definition) is 1. The maximum absolute atomic E-state index is 12.6. The molecule has 0 aromatic carbocycles. The quantitative estimate of drug-likeness (QED) is 0.582. The van der Waals surface area contributed by atoms with Crippen LogP contribution < -0.4 is 6.15 Å². The van der Waals surface area contributed by atoms with E-state index in [0.717, 1.165) is 0 Å². The Hall–Kier alpha value is -1.03. The zero-order chi connectivity index (χ0) is 7.30. The Morgan fingerprint density at radius 3 is 1.55 bits per heavy atom. The van der Waals surface area contributed by atoms with E-state index in [1.165, 1.54) is 12.2 Å². The van der Waals surface area contributed by atoms with Gasteiger partial charge >= 0.3 is 0 Å². The molecule has 0 heterocycles. The van der Waals surface area contributed by atoms with E-state index in [-0.39, 0.29) is 17.3 Å². The van der Waals surface area contributed by atoms with Crippen molar-refractivity contribution in [1.29, 1.82) is 0 Å². The van der Waals surface area contributed by atoms with E-state index in [2.05, 4.69) is 0 Å². The van der Waals surface area contributed by atoms with Crippen molar-refractivity contribution in [2.24, 2.45) is 0 Å². The minimum Gasteiger partial charge on any atom is -0.344 e. The molecule has 0 saturated heterocycles. The molecule has 2 rings (SSSR count). The Bertz CT molecular complexity index is 255. The lowest BCUT2D eigenvalue weighted by molar-refractivity contribution is 0.449. The molecular formula is C7H6F3N. The second-order valence-electron chi connectivity index (χ2n) is 2.23. The monoisotopic (exact) mass is 161 g/mol. The molecule has 0 fully saturated rings. The Labute approximate surface area is 61.5 Å². The highest BCUT2D eigenvalue weighted by Crippen LogP contribution is 2.42. The molecule has 0 unspecified atom stereocenters. The van der Waals surface area contributed by atoms with Crippen LogP contribution in [-0.2, 0) is 0 Å². The van der Waals surface area contributed by atoms with E-state index in [0.29, 0.717) is 0 Å². The van der Waals surface area contributed by atoms with Gasteiger partial charge in [-0.3, -0.25) is 0 Å². The summed E-state index contributed by atoms with van der Waals surface area (Å²) in [5.41, 5.74) is -0.347. The molecule has 0 aliphatic heterocycles. The molecule has 2 aliphatic carbocycles. The summed E-state index contributed by atoms with van der Waals surface area (Å²) >= 11 is 0. The first-order chi connectivity index (χ1) is 4.72. The first kappa shape index (κ1) is 8.07. The van der Waals surface area contributed by atoms with Gasteiger partial charge in [0.25, 0.3) is 0 Å². The third kappa shape index (κ3) is 0.758. The van der Waals surface area contributed by atoms with Crippen LogP contribution in [0.2, 0.25) is 0 Å². The fraction of sp³-hybridized carbons (Fsp3) is 0.143. The van der Waals surface area contributed by atoms with Crippen molar-refractivity contribution in [2.45, 2.75) is 6.17 Å². The predicted molar refractivity (Wildman–Crippen MR) is 35.3 cm³/mol. The van der Waals surface area contributed by atoms with Gasteiger partial charge in [0.15, 0.2) is 17.8 Å². The normalized spacial score (nSPS) is 21.7. The van der Waals surface area contributed by atoms with Crippen molar-refractivity contribution in [3.05, 3.63) is 35.0 Å². The molecule has 4 heteroatoms. The Balaban J connectivity index is 0.000000605. The largest absolute Gasteiger partial charge is 0.344 e. The van der Waals surface area contributed by atoms with Gasteiger partial charge in [-0.25, -0.2) is 13.2 Å². The molecule has 0 aromatic heterocycles. The molecule has 60 valence electrons. The molecule has 3 N–H and O–H groups in total. The lowest BCUT2D eigenvalue weighted by Gasteiger charge is -1.91. The summed E-state index contributed by atoms with van der Waals surface area (Å²) in [5.74, 6) is -2.07. The van der Waals surface area contributed by atoms with E-state index in [1.807, 2.05) is 0 Å². The summed E-state index contributed by atoms with van der Waals surface area (Å²) in [6.07, 6.45) is 0.969. The lowest BCUT2D eigenvalue weighted by atomic mass is 10.2. The van der Waals surface area contributed by atoms with Crippen molar-refractivity contribution >= 4 is 0 Å². The van der Waals surface area contributed by atoms with Crippen LogP contribution >= 0.6 is 0 Å². The summed E-state index contributed by atoms with van der Waals surface area (Å²) < 4.78 is 37.5. The SMILES string of the molecule is FC1=C2C=CC(=C1F)C2F.N. The average molecular weight is 161 g/mol. The standard InChI is InChI=1S/C7H3F3.H3N/c8-5-3-1-2-4(5)7(10)6(3)9;/h1-2,5H;1H3. The molecule has 0 radical (unpaired) electrons. The van der Waals surface area contributed by atoms with E-state index in [4.69, 9.17) is 0 Å². The predicted octanol–water partition coefficient (Wildman–Crippen LogP) is 2.52. The van der Waals surface area contributed by atoms with Gasteiger partial charge in [0.1, 0.15) is 0 Å². The van der Waals surface area contributed by atoms with Crippen molar-refractivity contribution in [1.82, 2.24) is 6.15 Å². The average Bonchev–Trinajstić information content (AvgIpc) is 2.34. The highest BCUT2D eigenvalue weighted by molar-refractivity contribution is 5.59. The first-order valence-corrected chi connectivity index (χ1v) is 2.83. The van der Waals surface area contributed by atoms with E-state index in [9.17, 15) is 13.2 Å². The Morgan fingerprint density at radius 1 is 1.00 bits per heavy atom. The molecule has 1 nitrogen and oxygen atoms in total. The van der Waals surface area contributed by atoms with Crippen molar-refractivity contribution in [3.63, 3.8) is 0 Å². The van der Waals surface area contributed by atoms with Crippen LogP contribution in [0.3, 0.4) is 0 Å². The topological polar surface area (TPSA) is 35.0 Å². The van der Waals surface area contributed by atoms with Gasteiger partial charge in [-0.1, -0.05) is 12.2 Å². The van der Waals surface area contributed by atoms with Crippen LogP contribution in [0, 0.1) is 0 Å². The van der Waals surface area contributed by atoms with E-state index in [1.54, 1.807) is 0 Å². The highest BCUT2D eigenvalue weighted by Gasteiger charge is 2.36. The number of hydrogen-bond donors (Lipinski definition) is 1. The maximum Gasteiger partial charge on any atom is 0.165 e. The molecule has 0 saturated carbocycles. The van der Waals surface area contributed by atoms with Gasteiger partial charge in [-0.2, -0.15) is 0 Å². The number of fused-ring (bicyclic) bond motifs is 2. The van der Waals surface area contributed by atoms with Crippen LogP contribution in [0.25, 0.3) is 0 Å². The molecule has 2 aliphatic rings.